The Morgan fingerprint density at radius 3 is 2.81 bits per heavy atom. The predicted molar refractivity (Wildman–Crippen MR) is 66.4 cm³/mol. The Morgan fingerprint density at radius 1 is 1.50 bits per heavy atom. The van der Waals surface area contributed by atoms with Crippen molar-refractivity contribution < 1.29 is 4.74 Å². The van der Waals surface area contributed by atoms with Gasteiger partial charge in [-0.05, 0) is 37.1 Å². The van der Waals surface area contributed by atoms with E-state index in [4.69, 9.17) is 10.5 Å². The van der Waals surface area contributed by atoms with E-state index in [9.17, 15) is 0 Å². The number of rotatable bonds is 3. The van der Waals surface area contributed by atoms with Crippen LogP contribution in [0, 0.1) is 11.3 Å². The molecule has 94 valence electrons. The first kappa shape index (κ1) is 12.3. The number of nitrogens with zero attached hydrogens (tertiary/aromatic N) is 1. The van der Waals surface area contributed by atoms with Crippen molar-refractivity contribution in [2.45, 2.75) is 39.2 Å². The Morgan fingerprint density at radius 2 is 2.31 bits per heavy atom. The van der Waals surface area contributed by atoms with Gasteiger partial charge in [0, 0.05) is 25.7 Å². The quantitative estimate of drug-likeness (QED) is 0.792. The van der Waals surface area contributed by atoms with Crippen LogP contribution in [0.15, 0.2) is 0 Å². The molecule has 3 heteroatoms. The van der Waals surface area contributed by atoms with Crippen LogP contribution >= 0.6 is 0 Å². The molecule has 2 unspecified atom stereocenters. The van der Waals surface area contributed by atoms with Gasteiger partial charge in [-0.3, -0.25) is 4.90 Å². The van der Waals surface area contributed by atoms with Crippen molar-refractivity contribution in [1.82, 2.24) is 4.90 Å². The zero-order valence-corrected chi connectivity index (χ0v) is 10.7. The van der Waals surface area contributed by atoms with Crippen molar-refractivity contribution in [3.8, 4) is 0 Å². The largest absolute Gasteiger partial charge is 0.381 e. The molecule has 2 aliphatic rings. The van der Waals surface area contributed by atoms with Crippen LogP contribution in [-0.2, 0) is 4.74 Å². The Balaban J connectivity index is 1.94. The fraction of sp³-hybridized carbons (Fsp3) is 1.00. The molecule has 0 aromatic rings. The summed E-state index contributed by atoms with van der Waals surface area (Å²) in [7, 11) is 0. The van der Waals surface area contributed by atoms with E-state index >= 15 is 0 Å². The van der Waals surface area contributed by atoms with Gasteiger partial charge in [0.25, 0.3) is 0 Å². The molecule has 2 heterocycles. The fourth-order valence-electron chi connectivity index (χ4n) is 3.15. The highest BCUT2D eigenvalue weighted by Gasteiger charge is 2.36. The molecule has 2 N–H and O–H groups in total. The number of nitrogens with two attached hydrogens (primary N) is 1. The van der Waals surface area contributed by atoms with E-state index in [1.54, 1.807) is 0 Å². The van der Waals surface area contributed by atoms with Crippen molar-refractivity contribution in [3.63, 3.8) is 0 Å². The van der Waals surface area contributed by atoms with Crippen LogP contribution in [0.5, 0.6) is 0 Å². The summed E-state index contributed by atoms with van der Waals surface area (Å²) in [5, 5.41) is 0. The maximum absolute atomic E-state index is 5.97. The third kappa shape index (κ3) is 2.76. The number of likely N-dealkylation sites (tertiary alicyclic amines) is 1. The molecule has 0 saturated carbocycles. The molecule has 0 bridgehead atoms. The summed E-state index contributed by atoms with van der Waals surface area (Å²) in [4.78, 5) is 2.60. The van der Waals surface area contributed by atoms with Crippen molar-refractivity contribution >= 4 is 0 Å². The van der Waals surface area contributed by atoms with Gasteiger partial charge in [-0.15, -0.1) is 0 Å². The minimum Gasteiger partial charge on any atom is -0.381 e. The highest BCUT2D eigenvalue weighted by atomic mass is 16.5. The third-order valence-corrected chi connectivity index (χ3v) is 4.16. The minimum atomic E-state index is 0.475. The lowest BCUT2D eigenvalue weighted by Gasteiger charge is -2.36. The van der Waals surface area contributed by atoms with Gasteiger partial charge < -0.3 is 10.5 Å². The molecule has 0 aromatic heterocycles. The molecule has 2 saturated heterocycles. The van der Waals surface area contributed by atoms with Crippen LogP contribution in [-0.4, -0.2) is 43.8 Å². The first-order valence-corrected chi connectivity index (χ1v) is 6.64. The lowest BCUT2D eigenvalue weighted by molar-refractivity contribution is 0.0148. The molecule has 2 rings (SSSR count). The van der Waals surface area contributed by atoms with E-state index in [-0.39, 0.29) is 0 Å². The monoisotopic (exact) mass is 226 g/mol. The zero-order chi connectivity index (χ0) is 11.6. The highest BCUT2D eigenvalue weighted by Crippen LogP contribution is 2.32. The first-order chi connectivity index (χ1) is 7.62. The smallest absolute Gasteiger partial charge is 0.0509 e. The Kier molecular flexibility index (Phi) is 3.88. The fourth-order valence-corrected chi connectivity index (χ4v) is 3.15. The molecule has 16 heavy (non-hydrogen) atoms. The van der Waals surface area contributed by atoms with Gasteiger partial charge in [-0.2, -0.15) is 0 Å². The molecular formula is C13H26N2O. The Bertz CT molecular complexity index is 224. The summed E-state index contributed by atoms with van der Waals surface area (Å²) >= 11 is 0. The second-order valence-electron chi connectivity index (χ2n) is 6.16. The average Bonchev–Trinajstić information content (AvgIpc) is 2.62. The lowest BCUT2D eigenvalue weighted by Crippen LogP contribution is -2.47. The van der Waals surface area contributed by atoms with E-state index in [1.807, 2.05) is 0 Å². The van der Waals surface area contributed by atoms with E-state index in [0.29, 0.717) is 17.4 Å². The van der Waals surface area contributed by atoms with Crippen molar-refractivity contribution in [2.75, 3.05) is 32.8 Å². The van der Waals surface area contributed by atoms with Gasteiger partial charge in [-0.25, -0.2) is 0 Å². The van der Waals surface area contributed by atoms with E-state index in [0.717, 1.165) is 19.8 Å². The molecule has 0 aliphatic carbocycles. The molecule has 0 amide bonds. The van der Waals surface area contributed by atoms with Gasteiger partial charge in [0.05, 0.1) is 6.61 Å². The molecule has 0 spiro atoms. The second-order valence-corrected chi connectivity index (χ2v) is 6.16. The third-order valence-electron chi connectivity index (χ3n) is 4.16. The van der Waals surface area contributed by atoms with Gasteiger partial charge in [0.2, 0.25) is 0 Å². The van der Waals surface area contributed by atoms with E-state index in [1.165, 1.54) is 32.4 Å². The summed E-state index contributed by atoms with van der Waals surface area (Å²) in [5.74, 6) is 0.660. The molecule has 2 fully saturated rings. The number of hydrogen-bond donors (Lipinski definition) is 1. The van der Waals surface area contributed by atoms with Crippen LogP contribution in [0.2, 0.25) is 0 Å². The molecule has 2 atom stereocenters. The van der Waals surface area contributed by atoms with Crippen LogP contribution in [0.25, 0.3) is 0 Å². The van der Waals surface area contributed by atoms with Crippen molar-refractivity contribution in [3.05, 3.63) is 0 Å². The van der Waals surface area contributed by atoms with Crippen molar-refractivity contribution in [2.24, 2.45) is 17.1 Å². The first-order valence-electron chi connectivity index (χ1n) is 6.64. The molecule has 2 aliphatic heterocycles. The summed E-state index contributed by atoms with van der Waals surface area (Å²) in [6, 6.07) is 0.544. The maximum Gasteiger partial charge on any atom is 0.0509 e. The average molecular weight is 226 g/mol. The maximum atomic E-state index is 5.97. The summed E-state index contributed by atoms with van der Waals surface area (Å²) in [6.45, 7) is 9.77. The molecule has 0 aromatic carbocycles. The standard InChI is InChI=1S/C13H26N2O/c1-13(2)5-6-15(10-13)12(8-14)11-4-3-7-16-9-11/h11-12H,3-10,14H2,1-2H3. The summed E-state index contributed by atoms with van der Waals surface area (Å²) in [6.07, 6.45) is 3.80. The highest BCUT2D eigenvalue weighted by molar-refractivity contribution is 4.90. The SMILES string of the molecule is CC1(C)CCN(C(CN)C2CCCOC2)C1. The van der Waals surface area contributed by atoms with Crippen LogP contribution in [0.3, 0.4) is 0 Å². The summed E-state index contributed by atoms with van der Waals surface area (Å²) < 4.78 is 5.59. The van der Waals surface area contributed by atoms with Crippen LogP contribution in [0.4, 0.5) is 0 Å². The summed E-state index contributed by atoms with van der Waals surface area (Å²) in [5.41, 5.74) is 6.45. The molecular weight excluding hydrogens is 200 g/mol. The van der Waals surface area contributed by atoms with Crippen LogP contribution in [0.1, 0.15) is 33.1 Å². The van der Waals surface area contributed by atoms with Gasteiger partial charge in [-0.1, -0.05) is 13.8 Å². The normalized spacial score (nSPS) is 32.8. The Labute approximate surface area is 99.3 Å². The molecule has 0 radical (unpaired) electrons. The minimum absolute atomic E-state index is 0.475. The van der Waals surface area contributed by atoms with Crippen molar-refractivity contribution in [1.29, 1.82) is 0 Å². The van der Waals surface area contributed by atoms with Gasteiger partial charge in [0.15, 0.2) is 0 Å². The lowest BCUT2D eigenvalue weighted by atomic mass is 9.91. The predicted octanol–water partition coefficient (Wildman–Crippen LogP) is 1.47. The van der Waals surface area contributed by atoms with Gasteiger partial charge >= 0.3 is 0 Å². The number of hydrogen-bond acceptors (Lipinski definition) is 3. The zero-order valence-electron chi connectivity index (χ0n) is 10.7. The van der Waals surface area contributed by atoms with E-state index in [2.05, 4.69) is 18.7 Å². The Hall–Kier alpha value is -0.120. The number of ether oxygens (including phenoxy) is 1. The molecule has 3 nitrogen and oxygen atoms in total. The second kappa shape index (κ2) is 5.03. The topological polar surface area (TPSA) is 38.5 Å². The van der Waals surface area contributed by atoms with Gasteiger partial charge in [0.1, 0.15) is 0 Å². The van der Waals surface area contributed by atoms with Crippen LogP contribution < -0.4 is 5.73 Å². The van der Waals surface area contributed by atoms with E-state index < -0.39 is 0 Å².